The minimum absolute atomic E-state index is 0.0198. The van der Waals surface area contributed by atoms with Gasteiger partial charge in [-0.05, 0) is 26.1 Å². The topological polar surface area (TPSA) is 44.4 Å². The summed E-state index contributed by atoms with van der Waals surface area (Å²) < 4.78 is 14.0. The number of amides is 1. The number of benzene rings is 1. The Morgan fingerprint density at radius 1 is 1.50 bits per heavy atom. The first-order valence-corrected chi connectivity index (χ1v) is 6.10. The lowest BCUT2D eigenvalue weighted by Gasteiger charge is -2.31. The second kappa shape index (κ2) is 5.35. The van der Waals surface area contributed by atoms with Crippen molar-refractivity contribution in [1.29, 1.82) is 0 Å². The zero-order valence-corrected chi connectivity index (χ0v) is 10.7. The van der Waals surface area contributed by atoms with Crippen molar-refractivity contribution < 1.29 is 9.18 Å². The van der Waals surface area contributed by atoms with E-state index >= 15 is 0 Å². The first-order chi connectivity index (χ1) is 8.63. The predicted molar refractivity (Wildman–Crippen MR) is 69.1 cm³/mol. The van der Waals surface area contributed by atoms with Gasteiger partial charge in [0.05, 0.1) is 6.54 Å². The first-order valence-electron chi connectivity index (χ1n) is 6.10. The molecule has 2 rings (SSSR count). The fourth-order valence-corrected chi connectivity index (χ4v) is 2.22. The van der Waals surface area contributed by atoms with Crippen LogP contribution in [0.5, 0.6) is 0 Å². The van der Waals surface area contributed by atoms with Gasteiger partial charge in [0.2, 0.25) is 5.91 Å². The molecule has 0 radical (unpaired) electrons. The van der Waals surface area contributed by atoms with Crippen LogP contribution in [0, 0.1) is 5.82 Å². The smallest absolute Gasteiger partial charge is 0.239 e. The number of anilines is 1. The van der Waals surface area contributed by atoms with Gasteiger partial charge in [-0.15, -0.1) is 0 Å². The van der Waals surface area contributed by atoms with E-state index in [9.17, 15) is 9.18 Å². The first kappa shape index (κ1) is 12.8. The number of hydrogen-bond acceptors (Lipinski definition) is 3. The summed E-state index contributed by atoms with van der Waals surface area (Å²) in [6.07, 6.45) is 0. The summed E-state index contributed by atoms with van der Waals surface area (Å²) in [5, 5.41) is 5.81. The Morgan fingerprint density at radius 3 is 2.94 bits per heavy atom. The lowest BCUT2D eigenvalue weighted by molar-refractivity contribution is -0.120. The van der Waals surface area contributed by atoms with Crippen molar-refractivity contribution in [2.45, 2.75) is 13.0 Å². The largest absolute Gasteiger partial charge is 0.360 e. The normalized spacial score (nSPS) is 17.5. The highest BCUT2D eigenvalue weighted by Gasteiger charge is 2.22. The minimum atomic E-state index is -0.236. The van der Waals surface area contributed by atoms with Gasteiger partial charge >= 0.3 is 0 Å². The molecule has 1 fully saturated rings. The van der Waals surface area contributed by atoms with Crippen molar-refractivity contribution in [2.75, 3.05) is 31.6 Å². The van der Waals surface area contributed by atoms with Crippen LogP contribution in [0.1, 0.15) is 18.5 Å². The molecule has 5 heteroatoms. The summed E-state index contributed by atoms with van der Waals surface area (Å²) in [5.41, 5.74) is 1.42. The van der Waals surface area contributed by atoms with Gasteiger partial charge < -0.3 is 15.5 Å². The molecule has 1 aromatic rings. The van der Waals surface area contributed by atoms with Gasteiger partial charge in [-0.2, -0.15) is 0 Å². The zero-order valence-electron chi connectivity index (χ0n) is 10.7. The molecule has 98 valence electrons. The molecule has 1 aliphatic rings. The number of hydrogen-bond donors (Lipinski definition) is 2. The minimum Gasteiger partial charge on any atom is -0.360 e. The Kier molecular flexibility index (Phi) is 3.81. The molecule has 0 spiro atoms. The Balaban J connectivity index is 2.37. The summed E-state index contributed by atoms with van der Waals surface area (Å²) in [4.78, 5) is 13.3. The standard InChI is InChI=1S/C13H18FN3O/c1-9(15-2)13-10(14)4-3-5-11(13)17-7-6-16-12(18)8-17/h3-5,9,15H,6-8H2,1-2H3,(H,16,18). The summed E-state index contributed by atoms with van der Waals surface area (Å²) in [7, 11) is 1.80. The van der Waals surface area contributed by atoms with Gasteiger partial charge in [-0.3, -0.25) is 4.79 Å². The van der Waals surface area contributed by atoms with Gasteiger partial charge in [0.1, 0.15) is 5.82 Å². The van der Waals surface area contributed by atoms with Crippen LogP contribution in [-0.2, 0) is 4.79 Å². The van der Waals surface area contributed by atoms with E-state index in [0.717, 1.165) is 5.69 Å². The van der Waals surface area contributed by atoms with E-state index < -0.39 is 0 Å². The second-order valence-corrected chi connectivity index (χ2v) is 4.45. The fourth-order valence-electron chi connectivity index (χ4n) is 2.22. The Bertz CT molecular complexity index is 450. The Labute approximate surface area is 106 Å². The van der Waals surface area contributed by atoms with Crippen LogP contribution < -0.4 is 15.5 Å². The molecule has 1 unspecified atom stereocenters. The summed E-state index contributed by atoms with van der Waals surface area (Å²) >= 11 is 0. The van der Waals surface area contributed by atoms with Crippen LogP contribution in [0.2, 0.25) is 0 Å². The number of halogens is 1. The van der Waals surface area contributed by atoms with Gasteiger partial charge in [0, 0.05) is 30.4 Å². The highest BCUT2D eigenvalue weighted by molar-refractivity contribution is 5.83. The van der Waals surface area contributed by atoms with E-state index in [1.807, 2.05) is 17.9 Å². The van der Waals surface area contributed by atoms with Crippen molar-refractivity contribution in [3.05, 3.63) is 29.6 Å². The van der Waals surface area contributed by atoms with Crippen molar-refractivity contribution in [2.24, 2.45) is 0 Å². The molecule has 1 atom stereocenters. The monoisotopic (exact) mass is 251 g/mol. The maximum absolute atomic E-state index is 14.0. The maximum Gasteiger partial charge on any atom is 0.239 e. The third-order valence-corrected chi connectivity index (χ3v) is 3.27. The predicted octanol–water partition coefficient (Wildman–Crippen LogP) is 1.04. The highest BCUT2D eigenvalue weighted by Crippen LogP contribution is 2.29. The van der Waals surface area contributed by atoms with Gasteiger partial charge in [-0.1, -0.05) is 6.07 Å². The van der Waals surface area contributed by atoms with E-state index in [4.69, 9.17) is 0 Å². The molecule has 0 aliphatic carbocycles. The number of piperazine rings is 1. The maximum atomic E-state index is 14.0. The number of nitrogens with zero attached hydrogens (tertiary/aromatic N) is 1. The molecule has 0 bridgehead atoms. The van der Waals surface area contributed by atoms with E-state index in [0.29, 0.717) is 18.7 Å². The molecule has 1 aromatic carbocycles. The van der Waals surface area contributed by atoms with Crippen molar-refractivity contribution in [3.8, 4) is 0 Å². The Hall–Kier alpha value is -1.62. The molecule has 1 aliphatic heterocycles. The van der Waals surface area contributed by atoms with Crippen LogP contribution in [0.4, 0.5) is 10.1 Å². The average Bonchev–Trinajstić information content (AvgIpc) is 2.37. The zero-order chi connectivity index (χ0) is 13.1. The van der Waals surface area contributed by atoms with E-state index in [1.54, 1.807) is 13.1 Å². The second-order valence-electron chi connectivity index (χ2n) is 4.45. The third kappa shape index (κ3) is 2.46. The van der Waals surface area contributed by atoms with Crippen LogP contribution in [0.15, 0.2) is 18.2 Å². The highest BCUT2D eigenvalue weighted by atomic mass is 19.1. The quantitative estimate of drug-likeness (QED) is 0.843. The number of rotatable bonds is 3. The summed E-state index contributed by atoms with van der Waals surface area (Å²) in [6.45, 7) is 3.50. The number of nitrogens with one attached hydrogen (secondary N) is 2. The lowest BCUT2D eigenvalue weighted by atomic mass is 10.0. The lowest BCUT2D eigenvalue weighted by Crippen LogP contribution is -2.48. The van der Waals surface area contributed by atoms with Crippen molar-refractivity contribution in [1.82, 2.24) is 10.6 Å². The van der Waals surface area contributed by atoms with Gasteiger partial charge in [0.25, 0.3) is 0 Å². The number of carbonyl (C=O) groups excluding carboxylic acids is 1. The SMILES string of the molecule is CNC(C)c1c(F)cccc1N1CCNC(=O)C1. The molecule has 0 aromatic heterocycles. The molecule has 1 saturated heterocycles. The summed E-state index contributed by atoms with van der Waals surface area (Å²) in [5.74, 6) is -0.256. The van der Waals surface area contributed by atoms with Crippen LogP contribution in [0.3, 0.4) is 0 Å². The van der Waals surface area contributed by atoms with Crippen LogP contribution >= 0.6 is 0 Å². The van der Waals surface area contributed by atoms with Gasteiger partial charge in [0.15, 0.2) is 0 Å². The number of carbonyl (C=O) groups is 1. The van der Waals surface area contributed by atoms with Crippen LogP contribution in [-0.4, -0.2) is 32.6 Å². The van der Waals surface area contributed by atoms with Crippen LogP contribution in [0.25, 0.3) is 0 Å². The molecule has 1 amide bonds. The molecule has 0 saturated carbocycles. The Morgan fingerprint density at radius 2 is 2.28 bits per heavy atom. The fraction of sp³-hybridized carbons (Fsp3) is 0.462. The van der Waals surface area contributed by atoms with Crippen molar-refractivity contribution in [3.63, 3.8) is 0 Å². The molecular weight excluding hydrogens is 233 g/mol. The molecule has 18 heavy (non-hydrogen) atoms. The molecule has 2 N–H and O–H groups in total. The average molecular weight is 251 g/mol. The van der Waals surface area contributed by atoms with E-state index in [-0.39, 0.29) is 24.3 Å². The molecule has 4 nitrogen and oxygen atoms in total. The van der Waals surface area contributed by atoms with E-state index in [1.165, 1.54) is 6.07 Å². The van der Waals surface area contributed by atoms with E-state index in [2.05, 4.69) is 10.6 Å². The molecule has 1 heterocycles. The third-order valence-electron chi connectivity index (χ3n) is 3.27. The van der Waals surface area contributed by atoms with Crippen molar-refractivity contribution >= 4 is 11.6 Å². The molecular formula is C13H18FN3O. The summed E-state index contributed by atoms with van der Waals surface area (Å²) in [6, 6.07) is 4.91. The van der Waals surface area contributed by atoms with Gasteiger partial charge in [-0.25, -0.2) is 4.39 Å².